The van der Waals surface area contributed by atoms with Gasteiger partial charge in [0, 0.05) is 0 Å². The maximum atomic E-state index is 4.66. The summed E-state index contributed by atoms with van der Waals surface area (Å²) in [7, 11) is 0. The molecule has 0 aliphatic heterocycles. The van der Waals surface area contributed by atoms with Gasteiger partial charge in [-0.2, -0.15) is 0 Å². The van der Waals surface area contributed by atoms with E-state index in [1.54, 1.807) is 0 Å². The summed E-state index contributed by atoms with van der Waals surface area (Å²) in [6.45, 7) is 0. The Balaban J connectivity index is -0.0000000720. The third-order valence-corrected chi connectivity index (χ3v) is 0. The van der Waals surface area contributed by atoms with Crippen molar-refractivity contribution >= 4 is 58.3 Å². The van der Waals surface area contributed by atoms with Crippen LogP contribution in [0, 0.1) is 0 Å². The molecule has 7 heteroatoms. The Hall–Kier alpha value is 0.843. The van der Waals surface area contributed by atoms with Gasteiger partial charge in [0.05, 0.1) is 0 Å². The van der Waals surface area contributed by atoms with Crippen molar-refractivity contribution in [1.82, 2.24) is 0 Å². The average Bonchev–Trinajstić information content (AvgIpc) is 1.25. The number of thiocarbonyl (C=S) groups is 2. The van der Waals surface area contributed by atoms with Crippen molar-refractivity contribution in [3.63, 3.8) is 0 Å². The van der Waals surface area contributed by atoms with Gasteiger partial charge in [0.25, 0.3) is 0 Å². The van der Waals surface area contributed by atoms with Crippen molar-refractivity contribution in [3.05, 3.63) is 0 Å². The molecule has 0 aromatic heterocycles. The van der Waals surface area contributed by atoms with Crippen LogP contribution in [0.25, 0.3) is 0 Å². The molecule has 0 unspecified atom stereocenters. The van der Waals surface area contributed by atoms with Gasteiger partial charge in [0.1, 0.15) is 0 Å². The molecule has 2 nitrogen and oxygen atoms in total. The van der Waals surface area contributed by atoms with Crippen molar-refractivity contribution in [1.29, 1.82) is 0 Å². The largest absolute Gasteiger partial charge is 2.00 e. The third-order valence-electron chi connectivity index (χ3n) is 0. The van der Waals surface area contributed by atoms with Gasteiger partial charge in [0.15, 0.2) is 0 Å². The van der Waals surface area contributed by atoms with Gasteiger partial charge in [0.2, 0.25) is 0 Å². The Kier molecular flexibility index (Phi) is 21.2. The van der Waals surface area contributed by atoms with Crippen LogP contribution in [0.5, 0.6) is 0 Å². The minimum atomic E-state index is 0. The second-order valence-electron chi connectivity index (χ2n) is 0.638. The molecule has 0 saturated heterocycles. The second kappa shape index (κ2) is 11.6. The smallest absolute Gasteiger partial charge is 0.415 e. The molecule has 54 valence electrons. The molecule has 0 aliphatic carbocycles. The van der Waals surface area contributed by atoms with Crippen LogP contribution in [0.3, 0.4) is 0 Å². The van der Waals surface area contributed by atoms with E-state index in [1.165, 1.54) is 0 Å². The number of rotatable bonds is 0. The maximum Gasteiger partial charge on any atom is 2.00 e. The minimum Gasteiger partial charge on any atom is -0.415 e. The Labute approximate surface area is 88.7 Å². The number of nitrogens with two attached hydrogens (primary N) is 2. The third kappa shape index (κ3) is 582. The topological polar surface area (TPSA) is 52.0 Å². The maximum absolute atomic E-state index is 4.66. The van der Waals surface area contributed by atoms with Gasteiger partial charge in [-0.25, -0.2) is 0 Å². The quantitative estimate of drug-likeness (QED) is 0.357. The van der Waals surface area contributed by atoms with Crippen LogP contribution in [0.4, 0.5) is 0 Å². The zero-order chi connectivity index (χ0) is 7.15. The molecule has 0 radical (unpaired) electrons. The molecular formula is C2H4N2RuS4. The summed E-state index contributed by atoms with van der Waals surface area (Å²) in [5.74, 6) is 0. The van der Waals surface area contributed by atoms with Crippen molar-refractivity contribution in [2.24, 2.45) is 11.5 Å². The van der Waals surface area contributed by atoms with E-state index < -0.39 is 0 Å². The standard InChI is InChI=1S/2CH3NS2.Ru/c2*2-1(3)4;/h2*(H3,2,3,4);/q;;+2/p-2. The van der Waals surface area contributed by atoms with Gasteiger partial charge in [-0.3, -0.25) is 0 Å². The van der Waals surface area contributed by atoms with Crippen LogP contribution in [0.2, 0.25) is 0 Å². The van der Waals surface area contributed by atoms with Gasteiger partial charge < -0.3 is 61.2 Å². The molecule has 0 heterocycles. The molecule has 9 heavy (non-hydrogen) atoms. The molecule has 0 atom stereocenters. The summed E-state index contributed by atoms with van der Waals surface area (Å²) in [6, 6.07) is 0. The predicted molar refractivity (Wildman–Crippen MR) is 48.3 cm³/mol. The zero-order valence-corrected chi connectivity index (χ0v) is 9.15. The predicted octanol–water partition coefficient (Wildman–Crippen LogP) is -0.449. The van der Waals surface area contributed by atoms with E-state index in [9.17, 15) is 0 Å². The van der Waals surface area contributed by atoms with Crippen molar-refractivity contribution in [3.8, 4) is 0 Å². The summed E-state index contributed by atoms with van der Waals surface area (Å²) in [5, 5.41) is 0. The Morgan fingerprint density at radius 1 is 1.00 bits per heavy atom. The first-order valence-corrected chi connectivity index (χ1v) is 3.03. The fraction of sp³-hybridized carbons (Fsp3) is 0. The normalized spacial score (nSPS) is 5.33. The number of hydrogen-bond donors (Lipinski definition) is 2. The fourth-order valence-electron chi connectivity index (χ4n) is 0. The van der Waals surface area contributed by atoms with Crippen LogP contribution in [0.15, 0.2) is 0 Å². The second-order valence-corrected chi connectivity index (χ2v) is 2.91. The number of hydrogen-bond acceptors (Lipinski definition) is 4. The first kappa shape index (κ1) is 16.4. The van der Waals surface area contributed by atoms with Crippen LogP contribution < -0.4 is 11.5 Å². The molecule has 0 fully saturated rings. The summed E-state index contributed by atoms with van der Waals surface area (Å²) in [5.41, 5.74) is 9.31. The van der Waals surface area contributed by atoms with Crippen LogP contribution in [0.1, 0.15) is 0 Å². The summed E-state index contributed by atoms with van der Waals surface area (Å²) in [6.07, 6.45) is 0. The first-order chi connectivity index (χ1) is 3.46. The van der Waals surface area contributed by atoms with Gasteiger partial charge in [-0.15, -0.1) is 0 Å². The van der Waals surface area contributed by atoms with Crippen molar-refractivity contribution < 1.29 is 19.5 Å². The Morgan fingerprint density at radius 3 is 1.00 bits per heavy atom. The molecule has 0 aliphatic rings. The molecule has 0 bridgehead atoms. The van der Waals surface area contributed by atoms with Crippen molar-refractivity contribution in [2.45, 2.75) is 0 Å². The van der Waals surface area contributed by atoms with Crippen LogP contribution >= 0.6 is 24.4 Å². The van der Waals surface area contributed by atoms with E-state index in [2.05, 4.69) is 61.2 Å². The molecular weight excluding hydrogens is 281 g/mol. The fourth-order valence-corrected chi connectivity index (χ4v) is 0. The zero-order valence-electron chi connectivity index (χ0n) is 4.14. The molecule has 4 N–H and O–H groups in total. The van der Waals surface area contributed by atoms with E-state index >= 15 is 0 Å². The summed E-state index contributed by atoms with van der Waals surface area (Å²) < 4.78 is 0.167. The van der Waals surface area contributed by atoms with E-state index in [-0.39, 0.29) is 28.1 Å². The minimum absolute atomic E-state index is 0. The van der Waals surface area contributed by atoms with Gasteiger partial charge in [-0.1, -0.05) is 8.64 Å². The van der Waals surface area contributed by atoms with Gasteiger partial charge in [-0.05, 0) is 0 Å². The Bertz CT molecular complexity index is 74.6. The first-order valence-electron chi connectivity index (χ1n) is 1.39. The average molecular weight is 285 g/mol. The SMILES string of the molecule is NC(=S)[S-].NC(=S)[S-].[Ru+2]. The van der Waals surface area contributed by atoms with Crippen LogP contribution in [-0.4, -0.2) is 8.64 Å². The van der Waals surface area contributed by atoms with E-state index in [4.69, 9.17) is 0 Å². The molecule has 0 aromatic rings. The summed E-state index contributed by atoms with van der Waals surface area (Å²) in [4.78, 5) is 0. The van der Waals surface area contributed by atoms with E-state index in [0.29, 0.717) is 0 Å². The molecule has 0 amide bonds. The van der Waals surface area contributed by atoms with Crippen molar-refractivity contribution in [2.75, 3.05) is 0 Å². The van der Waals surface area contributed by atoms with Gasteiger partial charge >= 0.3 is 19.5 Å². The molecule has 0 aromatic carbocycles. The van der Waals surface area contributed by atoms with Crippen LogP contribution in [-0.2, 0) is 44.7 Å². The van der Waals surface area contributed by atoms with E-state index in [0.717, 1.165) is 0 Å². The Morgan fingerprint density at radius 2 is 1.00 bits per heavy atom. The molecule has 0 saturated carbocycles. The summed E-state index contributed by atoms with van der Waals surface area (Å²) >= 11 is 16.5. The van der Waals surface area contributed by atoms with E-state index in [1.807, 2.05) is 0 Å². The monoisotopic (exact) mass is 286 g/mol. The molecule has 0 spiro atoms. The molecule has 0 rings (SSSR count).